The maximum Gasteiger partial charge on any atom is 0.252 e. The van der Waals surface area contributed by atoms with Crippen molar-refractivity contribution in [1.82, 2.24) is 0 Å². The van der Waals surface area contributed by atoms with Crippen LogP contribution < -0.4 is 16.2 Å². The molecule has 0 fully saturated rings. The number of primary amides is 1. The van der Waals surface area contributed by atoms with Crippen molar-refractivity contribution < 1.29 is 9.53 Å². The van der Waals surface area contributed by atoms with Crippen LogP contribution in [0.1, 0.15) is 15.9 Å². The summed E-state index contributed by atoms with van der Waals surface area (Å²) >= 11 is 9.46. The number of amides is 1. The van der Waals surface area contributed by atoms with E-state index in [1.54, 1.807) is 6.07 Å². The molecule has 0 aliphatic carbocycles. The van der Waals surface area contributed by atoms with Crippen LogP contribution in [0.3, 0.4) is 0 Å². The third-order valence-corrected chi connectivity index (χ3v) is 3.45. The molecule has 4 N–H and O–H groups in total. The number of benzene rings is 2. The van der Waals surface area contributed by atoms with Gasteiger partial charge in [-0.1, -0.05) is 27.5 Å². The van der Waals surface area contributed by atoms with Crippen LogP contribution in [0, 0.1) is 6.92 Å². The minimum absolute atomic E-state index is 0.150. The van der Waals surface area contributed by atoms with Crippen molar-refractivity contribution >= 4 is 39.1 Å². The Labute approximate surface area is 129 Å². The molecule has 0 atom stereocenters. The summed E-state index contributed by atoms with van der Waals surface area (Å²) in [6, 6.07) is 8.45. The molecule has 2 rings (SSSR count). The number of nitrogens with two attached hydrogens (primary N) is 2. The van der Waals surface area contributed by atoms with E-state index < -0.39 is 5.91 Å². The standard InChI is InChI=1S/C14H12BrClN2O2/c1-7-4-8(15)2-3-12(7)20-13-10(14(18)19)5-9(17)6-11(13)16/h2-6H,17H2,1H3,(H2,18,19). The Kier molecular flexibility index (Phi) is 4.20. The molecule has 1 amide bonds. The Hall–Kier alpha value is -1.72. The second-order valence-electron chi connectivity index (χ2n) is 4.26. The zero-order chi connectivity index (χ0) is 14.9. The second kappa shape index (κ2) is 5.73. The van der Waals surface area contributed by atoms with E-state index >= 15 is 0 Å². The van der Waals surface area contributed by atoms with Gasteiger partial charge in [0.1, 0.15) is 5.75 Å². The summed E-state index contributed by atoms with van der Waals surface area (Å²) < 4.78 is 6.66. The quantitative estimate of drug-likeness (QED) is 0.820. The summed E-state index contributed by atoms with van der Waals surface area (Å²) in [6.45, 7) is 1.88. The van der Waals surface area contributed by atoms with E-state index in [9.17, 15) is 4.79 Å². The third-order valence-electron chi connectivity index (χ3n) is 2.68. The second-order valence-corrected chi connectivity index (χ2v) is 5.58. The van der Waals surface area contributed by atoms with Crippen LogP contribution in [-0.4, -0.2) is 5.91 Å². The Bertz CT molecular complexity index is 689. The number of halogens is 2. The molecule has 0 spiro atoms. The average molecular weight is 356 g/mol. The van der Waals surface area contributed by atoms with Crippen molar-refractivity contribution in [2.45, 2.75) is 6.92 Å². The van der Waals surface area contributed by atoms with Gasteiger partial charge in [0.05, 0.1) is 10.6 Å². The van der Waals surface area contributed by atoms with Crippen LogP contribution in [0.2, 0.25) is 5.02 Å². The zero-order valence-corrected chi connectivity index (χ0v) is 13.0. The van der Waals surface area contributed by atoms with Crippen LogP contribution in [0.4, 0.5) is 5.69 Å². The van der Waals surface area contributed by atoms with Gasteiger partial charge in [0, 0.05) is 10.2 Å². The number of ether oxygens (including phenoxy) is 1. The molecular weight excluding hydrogens is 344 g/mol. The molecule has 6 heteroatoms. The van der Waals surface area contributed by atoms with Crippen LogP contribution >= 0.6 is 27.5 Å². The minimum atomic E-state index is -0.649. The van der Waals surface area contributed by atoms with Gasteiger partial charge in [0.15, 0.2) is 5.75 Å². The lowest BCUT2D eigenvalue weighted by Gasteiger charge is -2.14. The highest BCUT2D eigenvalue weighted by Crippen LogP contribution is 2.36. The number of carbonyl (C=O) groups excluding carboxylic acids is 1. The van der Waals surface area contributed by atoms with E-state index in [0.717, 1.165) is 10.0 Å². The molecule has 0 heterocycles. The highest BCUT2D eigenvalue weighted by Gasteiger charge is 2.16. The van der Waals surface area contributed by atoms with Gasteiger partial charge in [-0.05, 0) is 42.8 Å². The summed E-state index contributed by atoms with van der Waals surface area (Å²) in [5.41, 5.74) is 12.4. The van der Waals surface area contributed by atoms with E-state index in [4.69, 9.17) is 27.8 Å². The van der Waals surface area contributed by atoms with Crippen molar-refractivity contribution in [3.63, 3.8) is 0 Å². The fourth-order valence-corrected chi connectivity index (χ4v) is 2.48. The highest BCUT2D eigenvalue weighted by atomic mass is 79.9. The van der Waals surface area contributed by atoms with Gasteiger partial charge < -0.3 is 16.2 Å². The monoisotopic (exact) mass is 354 g/mol. The molecule has 2 aromatic carbocycles. The van der Waals surface area contributed by atoms with Crippen molar-refractivity contribution in [1.29, 1.82) is 0 Å². The van der Waals surface area contributed by atoms with Crippen LogP contribution in [0.5, 0.6) is 11.5 Å². The first kappa shape index (κ1) is 14.7. The van der Waals surface area contributed by atoms with Gasteiger partial charge in [-0.3, -0.25) is 4.79 Å². The molecule has 0 bridgehead atoms. The lowest BCUT2D eigenvalue weighted by Crippen LogP contribution is -2.13. The molecule has 0 aromatic heterocycles. The molecule has 0 saturated carbocycles. The van der Waals surface area contributed by atoms with Crippen molar-refractivity contribution in [2.24, 2.45) is 5.73 Å². The molecule has 20 heavy (non-hydrogen) atoms. The Morgan fingerprint density at radius 2 is 2.00 bits per heavy atom. The maximum absolute atomic E-state index is 11.5. The van der Waals surface area contributed by atoms with Crippen molar-refractivity contribution in [3.05, 3.63) is 51.0 Å². The van der Waals surface area contributed by atoms with E-state index in [0.29, 0.717) is 11.4 Å². The first-order valence-electron chi connectivity index (χ1n) is 5.71. The molecule has 0 radical (unpaired) electrons. The topological polar surface area (TPSA) is 78.3 Å². The SMILES string of the molecule is Cc1cc(Br)ccc1Oc1c(Cl)cc(N)cc1C(N)=O. The van der Waals surface area contributed by atoms with Gasteiger partial charge in [0.2, 0.25) is 0 Å². The Morgan fingerprint density at radius 1 is 1.30 bits per heavy atom. The van der Waals surface area contributed by atoms with E-state index in [2.05, 4.69) is 15.9 Å². The lowest BCUT2D eigenvalue weighted by molar-refractivity contribution is 0.0998. The van der Waals surface area contributed by atoms with Crippen LogP contribution in [0.15, 0.2) is 34.8 Å². The predicted molar refractivity (Wildman–Crippen MR) is 83.3 cm³/mol. The number of hydrogen-bond donors (Lipinski definition) is 2. The molecule has 0 aliphatic heterocycles. The van der Waals surface area contributed by atoms with E-state index in [1.165, 1.54) is 12.1 Å². The largest absolute Gasteiger partial charge is 0.455 e. The average Bonchev–Trinajstić information content (AvgIpc) is 2.34. The van der Waals surface area contributed by atoms with E-state index in [1.807, 2.05) is 19.1 Å². The Balaban J connectivity index is 2.50. The smallest absolute Gasteiger partial charge is 0.252 e. The number of aryl methyl sites for hydroxylation is 1. The van der Waals surface area contributed by atoms with Crippen LogP contribution in [-0.2, 0) is 0 Å². The molecule has 0 aliphatic rings. The fourth-order valence-electron chi connectivity index (χ4n) is 1.74. The number of carbonyl (C=O) groups is 1. The highest BCUT2D eigenvalue weighted by molar-refractivity contribution is 9.10. The van der Waals surface area contributed by atoms with Crippen molar-refractivity contribution in [2.75, 3.05) is 5.73 Å². The minimum Gasteiger partial charge on any atom is -0.455 e. The van der Waals surface area contributed by atoms with Crippen LogP contribution in [0.25, 0.3) is 0 Å². The maximum atomic E-state index is 11.5. The van der Waals surface area contributed by atoms with Crippen molar-refractivity contribution in [3.8, 4) is 11.5 Å². The van der Waals surface area contributed by atoms with Gasteiger partial charge in [-0.15, -0.1) is 0 Å². The van der Waals surface area contributed by atoms with Gasteiger partial charge >= 0.3 is 0 Å². The summed E-state index contributed by atoms with van der Waals surface area (Å²) in [6.07, 6.45) is 0. The van der Waals surface area contributed by atoms with Gasteiger partial charge in [0.25, 0.3) is 5.91 Å². The zero-order valence-electron chi connectivity index (χ0n) is 10.6. The summed E-state index contributed by atoms with van der Waals surface area (Å²) in [5, 5.41) is 0.237. The third kappa shape index (κ3) is 3.05. The Morgan fingerprint density at radius 3 is 2.60 bits per heavy atom. The van der Waals surface area contributed by atoms with Gasteiger partial charge in [-0.2, -0.15) is 0 Å². The molecule has 104 valence electrons. The summed E-state index contributed by atoms with van der Waals surface area (Å²) in [4.78, 5) is 11.5. The molecule has 4 nitrogen and oxygen atoms in total. The first-order chi connectivity index (χ1) is 9.38. The number of anilines is 1. The molecular formula is C14H12BrClN2O2. The molecule has 0 unspecified atom stereocenters. The lowest BCUT2D eigenvalue weighted by atomic mass is 10.1. The summed E-state index contributed by atoms with van der Waals surface area (Å²) in [5.74, 6) is 0.144. The summed E-state index contributed by atoms with van der Waals surface area (Å²) in [7, 11) is 0. The number of rotatable bonds is 3. The molecule has 0 saturated heterocycles. The molecule has 2 aromatic rings. The number of hydrogen-bond acceptors (Lipinski definition) is 3. The first-order valence-corrected chi connectivity index (χ1v) is 6.88. The van der Waals surface area contributed by atoms with E-state index in [-0.39, 0.29) is 16.3 Å². The predicted octanol–water partition coefficient (Wildman–Crippen LogP) is 3.88. The fraction of sp³-hybridized carbons (Fsp3) is 0.0714. The normalized spacial score (nSPS) is 10.3. The van der Waals surface area contributed by atoms with Gasteiger partial charge in [-0.25, -0.2) is 0 Å². The number of nitrogen functional groups attached to an aromatic ring is 1.